The Kier molecular flexibility index (Phi) is 2.91. The number of thiophene rings is 2. The number of hydrogen-bond donors (Lipinski definition) is 0. The first-order valence-electron chi connectivity index (χ1n) is 10.2. The zero-order chi connectivity index (χ0) is 20.1. The lowest BCUT2D eigenvalue weighted by Gasteiger charge is -2.09. The molecule has 0 atom stereocenters. The van der Waals surface area contributed by atoms with Crippen molar-refractivity contribution in [2.45, 2.75) is 0 Å². The van der Waals surface area contributed by atoms with Crippen LogP contribution in [0.3, 0.4) is 0 Å². The first-order valence-corrected chi connectivity index (χ1v) is 11.8. The molecule has 0 bridgehead atoms. The summed E-state index contributed by atoms with van der Waals surface area (Å²) in [5.41, 5.74) is 2.20. The van der Waals surface area contributed by atoms with E-state index in [0.29, 0.717) is 0 Å². The van der Waals surface area contributed by atoms with Crippen LogP contribution in [0.1, 0.15) is 0 Å². The lowest BCUT2D eigenvalue weighted by atomic mass is 10.0. The van der Waals surface area contributed by atoms with Gasteiger partial charge < -0.3 is 0 Å². The molecule has 0 aliphatic carbocycles. The smallest absolute Gasteiger partial charge is 0.146 e. The molecule has 0 aliphatic heterocycles. The van der Waals surface area contributed by atoms with Gasteiger partial charge in [0.15, 0.2) is 0 Å². The van der Waals surface area contributed by atoms with Gasteiger partial charge in [-0.25, -0.2) is 4.98 Å². The van der Waals surface area contributed by atoms with Crippen LogP contribution in [0.5, 0.6) is 0 Å². The predicted octanol–water partition coefficient (Wildman–Crippen LogP) is 7.77. The molecule has 3 aromatic carbocycles. The van der Waals surface area contributed by atoms with E-state index in [9.17, 15) is 0 Å². The van der Waals surface area contributed by atoms with Crippen molar-refractivity contribution in [2.75, 3.05) is 0 Å². The highest BCUT2D eigenvalue weighted by atomic mass is 32.1. The molecule has 0 radical (unpaired) electrons. The van der Waals surface area contributed by atoms with Crippen LogP contribution in [-0.4, -0.2) is 14.4 Å². The summed E-state index contributed by atoms with van der Waals surface area (Å²) in [6.07, 6.45) is 7.78. The van der Waals surface area contributed by atoms with E-state index < -0.39 is 0 Å². The van der Waals surface area contributed by atoms with Crippen molar-refractivity contribution < 1.29 is 0 Å². The van der Waals surface area contributed by atoms with E-state index >= 15 is 0 Å². The quantitative estimate of drug-likeness (QED) is 0.230. The van der Waals surface area contributed by atoms with Gasteiger partial charge in [0.1, 0.15) is 5.65 Å². The molecule has 0 saturated heterocycles. The molecule has 144 valence electrons. The zero-order valence-corrected chi connectivity index (χ0v) is 17.8. The highest BCUT2D eigenvalue weighted by molar-refractivity contribution is 7.29. The third-order valence-electron chi connectivity index (χ3n) is 6.35. The molecule has 0 aliphatic rings. The Balaban J connectivity index is 1.74. The van der Waals surface area contributed by atoms with Crippen LogP contribution in [0.2, 0.25) is 0 Å². The lowest BCUT2D eigenvalue weighted by molar-refractivity contribution is 1.27. The minimum Gasteiger partial charge on any atom is -0.298 e. The minimum absolute atomic E-state index is 0.964. The fourth-order valence-corrected chi connectivity index (χ4v) is 7.51. The summed E-state index contributed by atoms with van der Waals surface area (Å²) >= 11 is 3.78. The van der Waals surface area contributed by atoms with Gasteiger partial charge >= 0.3 is 0 Å². The molecular formula is C26H13N3S2. The second-order valence-corrected chi connectivity index (χ2v) is 10.0. The molecule has 0 spiro atoms. The SMILES string of the molecule is c1ccc2c(c1)sc1c2ccc2sc3ccc4c5ccncc5c5nccn5c4c3c21. The van der Waals surface area contributed by atoms with Crippen molar-refractivity contribution in [3.63, 3.8) is 0 Å². The van der Waals surface area contributed by atoms with Crippen molar-refractivity contribution >= 4 is 90.3 Å². The fraction of sp³-hybridized carbons (Fsp3) is 0. The second-order valence-electron chi connectivity index (χ2n) is 7.89. The van der Waals surface area contributed by atoms with Crippen molar-refractivity contribution in [2.24, 2.45) is 0 Å². The number of nitrogens with zero attached hydrogens (tertiary/aromatic N) is 3. The fourth-order valence-electron chi connectivity index (χ4n) is 5.07. The number of pyridine rings is 2. The van der Waals surface area contributed by atoms with Crippen LogP contribution in [0.25, 0.3) is 67.7 Å². The van der Waals surface area contributed by atoms with Gasteiger partial charge in [-0.1, -0.05) is 30.3 Å². The van der Waals surface area contributed by atoms with E-state index in [-0.39, 0.29) is 0 Å². The topological polar surface area (TPSA) is 30.2 Å². The number of benzene rings is 3. The second kappa shape index (κ2) is 5.58. The summed E-state index contributed by atoms with van der Waals surface area (Å²) in [6.45, 7) is 0. The van der Waals surface area contributed by atoms with Gasteiger partial charge in [-0.3, -0.25) is 9.38 Å². The van der Waals surface area contributed by atoms with Crippen molar-refractivity contribution in [3.8, 4) is 0 Å². The van der Waals surface area contributed by atoms with Crippen LogP contribution < -0.4 is 0 Å². The normalized spacial score (nSPS) is 12.5. The van der Waals surface area contributed by atoms with E-state index in [1.54, 1.807) is 0 Å². The van der Waals surface area contributed by atoms with E-state index in [2.05, 4.69) is 70.2 Å². The van der Waals surface area contributed by atoms with Gasteiger partial charge in [0, 0.05) is 75.9 Å². The third kappa shape index (κ3) is 1.93. The van der Waals surface area contributed by atoms with Gasteiger partial charge in [0.25, 0.3) is 0 Å². The number of fused-ring (bicyclic) bond motifs is 14. The maximum atomic E-state index is 4.69. The molecule has 8 aromatic rings. The number of aromatic nitrogens is 3. The van der Waals surface area contributed by atoms with Crippen LogP contribution >= 0.6 is 22.7 Å². The summed E-state index contributed by atoms with van der Waals surface area (Å²) in [5.74, 6) is 0. The Morgan fingerprint density at radius 2 is 1.52 bits per heavy atom. The third-order valence-corrected chi connectivity index (χ3v) is 8.68. The van der Waals surface area contributed by atoms with E-state index in [0.717, 1.165) is 11.0 Å². The Hall–Kier alpha value is -3.54. The largest absolute Gasteiger partial charge is 0.298 e. The molecule has 31 heavy (non-hydrogen) atoms. The van der Waals surface area contributed by atoms with Crippen molar-refractivity contribution in [1.29, 1.82) is 0 Å². The summed E-state index contributed by atoms with van der Waals surface area (Å²) in [7, 11) is 0. The standard InChI is InChI=1S/C26H13N3S2/c1-2-4-19-15(3-1)17-6-8-21-23(25(17)31-19)22-20(30-21)7-5-16-14-9-10-27-13-18(14)26-28-11-12-29(26)24(16)22/h1-13H. The molecule has 0 fully saturated rings. The van der Waals surface area contributed by atoms with Gasteiger partial charge in [-0.05, 0) is 29.7 Å². The summed E-state index contributed by atoms with van der Waals surface area (Å²) < 4.78 is 7.62. The first-order chi connectivity index (χ1) is 15.4. The molecule has 5 heterocycles. The minimum atomic E-state index is 0.964. The van der Waals surface area contributed by atoms with E-state index in [1.165, 1.54) is 56.6 Å². The first kappa shape index (κ1) is 16.2. The molecule has 8 rings (SSSR count). The average molecular weight is 432 g/mol. The molecular weight excluding hydrogens is 418 g/mol. The van der Waals surface area contributed by atoms with Gasteiger partial charge in [0.05, 0.1) is 5.52 Å². The van der Waals surface area contributed by atoms with Crippen LogP contribution in [0, 0.1) is 0 Å². The van der Waals surface area contributed by atoms with Crippen LogP contribution in [0.4, 0.5) is 0 Å². The summed E-state index contributed by atoms with van der Waals surface area (Å²) in [5, 5.41) is 8.92. The van der Waals surface area contributed by atoms with E-state index in [1.807, 2.05) is 41.3 Å². The van der Waals surface area contributed by atoms with E-state index in [4.69, 9.17) is 4.98 Å². The van der Waals surface area contributed by atoms with Gasteiger partial charge in [-0.15, -0.1) is 22.7 Å². The molecule has 0 amide bonds. The molecule has 5 heteroatoms. The molecule has 0 N–H and O–H groups in total. The Morgan fingerprint density at radius 1 is 0.645 bits per heavy atom. The van der Waals surface area contributed by atoms with Gasteiger partial charge in [0.2, 0.25) is 0 Å². The monoisotopic (exact) mass is 431 g/mol. The Morgan fingerprint density at radius 3 is 2.48 bits per heavy atom. The van der Waals surface area contributed by atoms with Crippen LogP contribution in [-0.2, 0) is 0 Å². The molecule has 0 saturated carbocycles. The Bertz CT molecular complexity index is 2010. The lowest BCUT2D eigenvalue weighted by Crippen LogP contribution is -1.91. The molecule has 5 aromatic heterocycles. The van der Waals surface area contributed by atoms with Crippen molar-refractivity contribution in [3.05, 3.63) is 79.4 Å². The van der Waals surface area contributed by atoms with Crippen LogP contribution in [0.15, 0.2) is 79.4 Å². The highest BCUT2D eigenvalue weighted by Gasteiger charge is 2.18. The maximum absolute atomic E-state index is 4.69. The Labute approximate surface area is 183 Å². The summed E-state index contributed by atoms with van der Waals surface area (Å²) in [4.78, 5) is 9.06. The number of rotatable bonds is 0. The maximum Gasteiger partial charge on any atom is 0.146 e. The number of imidazole rings is 1. The predicted molar refractivity (Wildman–Crippen MR) is 134 cm³/mol. The average Bonchev–Trinajstić information content (AvgIpc) is 3.53. The highest BCUT2D eigenvalue weighted by Crippen LogP contribution is 2.47. The molecule has 3 nitrogen and oxygen atoms in total. The summed E-state index contributed by atoms with van der Waals surface area (Å²) in [6, 6.07) is 20.0. The molecule has 0 unspecified atom stereocenters. The zero-order valence-electron chi connectivity index (χ0n) is 16.2. The van der Waals surface area contributed by atoms with Gasteiger partial charge in [-0.2, -0.15) is 0 Å². The number of hydrogen-bond acceptors (Lipinski definition) is 4. The van der Waals surface area contributed by atoms with Crippen molar-refractivity contribution in [1.82, 2.24) is 14.4 Å².